The van der Waals surface area contributed by atoms with Crippen LogP contribution in [0.15, 0.2) is 42.9 Å². The van der Waals surface area contributed by atoms with Crippen molar-refractivity contribution >= 4 is 0 Å². The first-order valence-corrected chi connectivity index (χ1v) is 9.29. The maximum atomic E-state index is 11.1. The zero-order valence-electron chi connectivity index (χ0n) is 14.5. The molecule has 2 aliphatic rings. The van der Waals surface area contributed by atoms with E-state index in [2.05, 4.69) is 20.6 Å². The molecule has 4 rings (SSSR count). The number of aromatic nitrogens is 2. The first kappa shape index (κ1) is 16.6. The zero-order valence-corrected chi connectivity index (χ0v) is 14.5. The fourth-order valence-corrected chi connectivity index (χ4v) is 4.02. The topological polar surface area (TPSA) is 70.1 Å². The average molecular weight is 338 g/mol. The monoisotopic (exact) mass is 338 g/mol. The third kappa shape index (κ3) is 3.73. The summed E-state index contributed by atoms with van der Waals surface area (Å²) in [5.74, 6) is 0. The normalized spacial score (nSPS) is 29.6. The van der Waals surface area contributed by atoms with E-state index in [1.54, 1.807) is 6.20 Å². The zero-order chi connectivity index (χ0) is 17.1. The first-order valence-electron chi connectivity index (χ1n) is 9.29. The molecular formula is C20H26N4O. The Kier molecular flexibility index (Phi) is 4.79. The van der Waals surface area contributed by atoms with Crippen LogP contribution in [0.2, 0.25) is 0 Å². The van der Waals surface area contributed by atoms with Gasteiger partial charge in [-0.1, -0.05) is 12.1 Å². The van der Waals surface area contributed by atoms with E-state index in [4.69, 9.17) is 0 Å². The summed E-state index contributed by atoms with van der Waals surface area (Å²) >= 11 is 0. The Balaban J connectivity index is 1.39. The molecule has 2 fully saturated rings. The van der Waals surface area contributed by atoms with Crippen molar-refractivity contribution in [3.63, 3.8) is 0 Å². The van der Waals surface area contributed by atoms with Gasteiger partial charge in [0.15, 0.2) is 0 Å². The van der Waals surface area contributed by atoms with Gasteiger partial charge in [-0.05, 0) is 50.8 Å². The van der Waals surface area contributed by atoms with Gasteiger partial charge < -0.3 is 15.7 Å². The standard InChI is InChI=1S/C20H26N4O/c25-20(8-5-17(6-9-20)24-18-7-11-22-14-18)19-4-3-16(13-23-19)15-2-1-10-21-12-15/h1-4,10,12-13,17-18,22,24-25H,5-9,11,14H2/t17?,18-,20?/m0/s1. The highest BCUT2D eigenvalue weighted by Gasteiger charge is 2.36. The predicted octanol–water partition coefficient (Wildman–Crippen LogP) is 2.23. The van der Waals surface area contributed by atoms with Gasteiger partial charge in [0, 0.05) is 48.3 Å². The predicted molar refractivity (Wildman–Crippen MR) is 98.0 cm³/mol. The first-order chi connectivity index (χ1) is 12.2. The molecule has 1 saturated heterocycles. The van der Waals surface area contributed by atoms with Gasteiger partial charge in [-0.3, -0.25) is 9.97 Å². The second kappa shape index (κ2) is 7.20. The number of pyridine rings is 2. The number of nitrogens with one attached hydrogen (secondary N) is 2. The Morgan fingerprint density at radius 2 is 1.88 bits per heavy atom. The van der Waals surface area contributed by atoms with Crippen LogP contribution in [0.5, 0.6) is 0 Å². The summed E-state index contributed by atoms with van der Waals surface area (Å²) in [7, 11) is 0. The number of hydrogen-bond donors (Lipinski definition) is 3. The van der Waals surface area contributed by atoms with Gasteiger partial charge in [0.1, 0.15) is 5.60 Å². The molecule has 2 aromatic rings. The highest BCUT2D eigenvalue weighted by molar-refractivity contribution is 5.61. The fourth-order valence-electron chi connectivity index (χ4n) is 4.02. The fraction of sp³-hybridized carbons (Fsp3) is 0.500. The van der Waals surface area contributed by atoms with E-state index in [9.17, 15) is 5.11 Å². The van der Waals surface area contributed by atoms with Crippen molar-refractivity contribution in [1.29, 1.82) is 0 Å². The van der Waals surface area contributed by atoms with E-state index in [1.165, 1.54) is 6.42 Å². The molecule has 1 aliphatic heterocycles. The minimum atomic E-state index is -0.792. The minimum absolute atomic E-state index is 0.514. The molecule has 5 nitrogen and oxygen atoms in total. The van der Waals surface area contributed by atoms with Crippen LogP contribution in [-0.4, -0.2) is 40.2 Å². The van der Waals surface area contributed by atoms with Crippen LogP contribution in [0, 0.1) is 0 Å². The van der Waals surface area contributed by atoms with E-state index >= 15 is 0 Å². The average Bonchev–Trinajstić information content (AvgIpc) is 3.18. The van der Waals surface area contributed by atoms with Gasteiger partial charge in [0.05, 0.1) is 5.69 Å². The van der Waals surface area contributed by atoms with Gasteiger partial charge >= 0.3 is 0 Å². The Morgan fingerprint density at radius 1 is 1.04 bits per heavy atom. The van der Waals surface area contributed by atoms with Crippen molar-refractivity contribution in [2.24, 2.45) is 0 Å². The Morgan fingerprint density at radius 3 is 2.52 bits per heavy atom. The second-order valence-corrected chi connectivity index (χ2v) is 7.34. The van der Waals surface area contributed by atoms with Crippen molar-refractivity contribution in [3.05, 3.63) is 48.5 Å². The lowest BCUT2D eigenvalue weighted by Crippen LogP contribution is -2.44. The molecule has 132 valence electrons. The van der Waals surface area contributed by atoms with E-state index in [-0.39, 0.29) is 0 Å². The van der Waals surface area contributed by atoms with Crippen LogP contribution in [0.1, 0.15) is 37.8 Å². The number of nitrogens with zero attached hydrogens (tertiary/aromatic N) is 2. The third-order valence-electron chi connectivity index (χ3n) is 5.58. The molecule has 2 aromatic heterocycles. The number of rotatable bonds is 4. The Bertz CT molecular complexity index is 675. The van der Waals surface area contributed by atoms with Crippen LogP contribution >= 0.6 is 0 Å². The van der Waals surface area contributed by atoms with Crippen LogP contribution in [0.4, 0.5) is 0 Å². The largest absolute Gasteiger partial charge is 0.384 e. The Labute approximate surface area is 148 Å². The molecule has 0 radical (unpaired) electrons. The lowest BCUT2D eigenvalue weighted by atomic mass is 9.79. The van der Waals surface area contributed by atoms with Gasteiger partial charge in [0.25, 0.3) is 0 Å². The smallest absolute Gasteiger partial charge is 0.107 e. The second-order valence-electron chi connectivity index (χ2n) is 7.34. The minimum Gasteiger partial charge on any atom is -0.384 e. The summed E-state index contributed by atoms with van der Waals surface area (Å²) in [4.78, 5) is 8.72. The molecule has 1 aliphatic carbocycles. The molecular weight excluding hydrogens is 312 g/mol. The van der Waals surface area contributed by atoms with E-state index in [0.29, 0.717) is 12.1 Å². The van der Waals surface area contributed by atoms with Crippen molar-refractivity contribution in [2.75, 3.05) is 13.1 Å². The molecule has 0 bridgehead atoms. The maximum Gasteiger partial charge on any atom is 0.107 e. The lowest BCUT2D eigenvalue weighted by Gasteiger charge is -2.37. The Hall–Kier alpha value is -1.82. The summed E-state index contributed by atoms with van der Waals surface area (Å²) in [6.07, 6.45) is 10.2. The molecule has 0 spiro atoms. The lowest BCUT2D eigenvalue weighted by molar-refractivity contribution is -0.0130. The highest BCUT2D eigenvalue weighted by atomic mass is 16.3. The summed E-state index contributed by atoms with van der Waals surface area (Å²) in [6, 6.07) is 9.05. The third-order valence-corrected chi connectivity index (χ3v) is 5.58. The van der Waals surface area contributed by atoms with Gasteiger partial charge in [-0.15, -0.1) is 0 Å². The van der Waals surface area contributed by atoms with Gasteiger partial charge in [-0.2, -0.15) is 0 Å². The van der Waals surface area contributed by atoms with E-state index in [1.807, 2.05) is 36.7 Å². The van der Waals surface area contributed by atoms with Crippen LogP contribution in [-0.2, 0) is 5.60 Å². The molecule has 3 heterocycles. The van der Waals surface area contributed by atoms with Crippen molar-refractivity contribution in [1.82, 2.24) is 20.6 Å². The van der Waals surface area contributed by atoms with Crippen LogP contribution < -0.4 is 10.6 Å². The molecule has 25 heavy (non-hydrogen) atoms. The number of aliphatic hydroxyl groups is 1. The summed E-state index contributed by atoms with van der Waals surface area (Å²) in [5.41, 5.74) is 2.08. The SMILES string of the molecule is OC1(c2ccc(-c3cccnc3)cn2)CCC(N[C@H]2CCNC2)CC1. The molecule has 3 N–H and O–H groups in total. The van der Waals surface area contributed by atoms with E-state index < -0.39 is 5.60 Å². The number of hydrogen-bond acceptors (Lipinski definition) is 5. The van der Waals surface area contributed by atoms with Crippen molar-refractivity contribution in [2.45, 2.75) is 49.8 Å². The van der Waals surface area contributed by atoms with Crippen LogP contribution in [0.25, 0.3) is 11.1 Å². The van der Waals surface area contributed by atoms with Gasteiger partial charge in [-0.25, -0.2) is 0 Å². The summed E-state index contributed by atoms with van der Waals surface area (Å²) in [5, 5.41) is 18.2. The van der Waals surface area contributed by atoms with Crippen molar-refractivity contribution in [3.8, 4) is 11.1 Å². The molecule has 0 unspecified atom stereocenters. The molecule has 1 atom stereocenters. The molecule has 0 aromatic carbocycles. The van der Waals surface area contributed by atoms with Crippen molar-refractivity contribution < 1.29 is 5.11 Å². The van der Waals surface area contributed by atoms with Crippen LogP contribution in [0.3, 0.4) is 0 Å². The highest BCUT2D eigenvalue weighted by Crippen LogP contribution is 2.36. The van der Waals surface area contributed by atoms with E-state index in [0.717, 1.165) is 55.6 Å². The summed E-state index contributed by atoms with van der Waals surface area (Å²) in [6.45, 7) is 2.18. The molecule has 5 heteroatoms. The quantitative estimate of drug-likeness (QED) is 0.797. The van der Waals surface area contributed by atoms with Gasteiger partial charge in [0.2, 0.25) is 0 Å². The maximum absolute atomic E-state index is 11.1. The molecule has 0 amide bonds. The molecule has 1 saturated carbocycles. The summed E-state index contributed by atoms with van der Waals surface area (Å²) < 4.78 is 0.